The topological polar surface area (TPSA) is 51.8 Å². The summed E-state index contributed by atoms with van der Waals surface area (Å²) in [6.07, 6.45) is 4.91. The second kappa shape index (κ2) is 4.85. The summed E-state index contributed by atoms with van der Waals surface area (Å²) in [7, 11) is 0. The Hall–Kier alpha value is -2.42. The Morgan fingerprint density at radius 3 is 2.33 bits per heavy atom. The van der Waals surface area contributed by atoms with E-state index in [4.69, 9.17) is 10.7 Å². The maximum Gasteiger partial charge on any atom is 0.150 e. The number of para-hydroxylation sites is 2. The van der Waals surface area contributed by atoms with Crippen LogP contribution in [0.4, 0.5) is 5.82 Å². The van der Waals surface area contributed by atoms with Crippen LogP contribution in [0.3, 0.4) is 0 Å². The molecule has 3 nitrogen and oxygen atoms in total. The molecule has 4 rings (SSSR count). The molecule has 0 radical (unpaired) electrons. The molecule has 104 valence electrons. The molecule has 2 aromatic carbocycles. The van der Waals surface area contributed by atoms with Gasteiger partial charge in [0.1, 0.15) is 5.69 Å². The van der Waals surface area contributed by atoms with E-state index in [9.17, 15) is 0 Å². The van der Waals surface area contributed by atoms with Gasteiger partial charge < -0.3 is 5.73 Å². The van der Waals surface area contributed by atoms with Crippen LogP contribution in [0.15, 0.2) is 42.5 Å². The van der Waals surface area contributed by atoms with Crippen LogP contribution in [0, 0.1) is 0 Å². The molecule has 21 heavy (non-hydrogen) atoms. The number of nitrogen functional groups attached to an aromatic ring is 1. The van der Waals surface area contributed by atoms with Crippen molar-refractivity contribution in [2.24, 2.45) is 0 Å². The molecule has 0 bridgehead atoms. The molecule has 1 aromatic heterocycles. The molecular weight excluding hydrogens is 258 g/mol. The summed E-state index contributed by atoms with van der Waals surface area (Å²) in [5.74, 6) is 0.504. The molecule has 3 heteroatoms. The zero-order valence-corrected chi connectivity index (χ0v) is 11.8. The van der Waals surface area contributed by atoms with Crippen molar-refractivity contribution in [2.75, 3.05) is 5.73 Å². The highest BCUT2D eigenvalue weighted by atomic mass is 14.9. The van der Waals surface area contributed by atoms with Gasteiger partial charge in [-0.2, -0.15) is 0 Å². The van der Waals surface area contributed by atoms with E-state index in [1.165, 1.54) is 30.4 Å². The van der Waals surface area contributed by atoms with E-state index in [0.29, 0.717) is 5.82 Å². The minimum atomic E-state index is 0.504. The molecule has 0 atom stereocenters. The lowest BCUT2D eigenvalue weighted by Gasteiger charge is -2.16. The largest absolute Gasteiger partial charge is 0.382 e. The second-order valence-corrected chi connectivity index (χ2v) is 5.64. The van der Waals surface area contributed by atoms with Gasteiger partial charge in [-0.3, -0.25) is 0 Å². The molecule has 3 aromatic rings. The molecule has 0 aliphatic heterocycles. The average molecular weight is 275 g/mol. The lowest BCUT2D eigenvalue weighted by Crippen LogP contribution is -2.04. The Labute approximate surface area is 123 Å². The van der Waals surface area contributed by atoms with Crippen molar-refractivity contribution in [3.8, 4) is 11.3 Å². The quantitative estimate of drug-likeness (QED) is 0.735. The van der Waals surface area contributed by atoms with Crippen LogP contribution in [0.25, 0.3) is 22.3 Å². The van der Waals surface area contributed by atoms with Gasteiger partial charge in [0, 0.05) is 5.56 Å². The van der Waals surface area contributed by atoms with Crippen LogP contribution in [0.2, 0.25) is 0 Å². The van der Waals surface area contributed by atoms with Crippen LogP contribution >= 0.6 is 0 Å². The van der Waals surface area contributed by atoms with Gasteiger partial charge in [-0.05, 0) is 55.0 Å². The van der Waals surface area contributed by atoms with E-state index in [1.54, 1.807) is 0 Å². The predicted molar refractivity (Wildman–Crippen MR) is 86.0 cm³/mol. The molecule has 2 N–H and O–H groups in total. The van der Waals surface area contributed by atoms with E-state index < -0.39 is 0 Å². The monoisotopic (exact) mass is 275 g/mol. The van der Waals surface area contributed by atoms with Crippen molar-refractivity contribution >= 4 is 16.9 Å². The zero-order chi connectivity index (χ0) is 14.2. The highest BCUT2D eigenvalue weighted by Crippen LogP contribution is 2.29. The second-order valence-electron chi connectivity index (χ2n) is 5.64. The van der Waals surface area contributed by atoms with Gasteiger partial charge in [0.2, 0.25) is 0 Å². The first-order valence-corrected chi connectivity index (χ1v) is 7.46. The number of aromatic nitrogens is 2. The SMILES string of the molecule is Nc1nc2ccccc2nc1-c1ccc2c(c1)CCCC2. The molecule has 0 fully saturated rings. The maximum absolute atomic E-state index is 6.12. The van der Waals surface area contributed by atoms with Crippen molar-refractivity contribution in [1.82, 2.24) is 9.97 Å². The third-order valence-corrected chi connectivity index (χ3v) is 4.22. The van der Waals surface area contributed by atoms with E-state index in [0.717, 1.165) is 28.7 Å². The number of hydrogen-bond acceptors (Lipinski definition) is 3. The Bertz CT molecular complexity index is 824. The summed E-state index contributed by atoms with van der Waals surface area (Å²) in [6, 6.07) is 14.4. The van der Waals surface area contributed by atoms with Crippen LogP contribution in [-0.4, -0.2) is 9.97 Å². The van der Waals surface area contributed by atoms with Gasteiger partial charge in [0.25, 0.3) is 0 Å². The molecule has 0 amide bonds. The minimum Gasteiger partial charge on any atom is -0.382 e. The lowest BCUT2D eigenvalue weighted by molar-refractivity contribution is 0.686. The number of rotatable bonds is 1. The first kappa shape index (κ1) is 12.3. The van der Waals surface area contributed by atoms with Crippen molar-refractivity contribution in [3.63, 3.8) is 0 Å². The van der Waals surface area contributed by atoms with Crippen molar-refractivity contribution in [3.05, 3.63) is 53.6 Å². The summed E-state index contributed by atoms with van der Waals surface area (Å²) >= 11 is 0. The summed E-state index contributed by atoms with van der Waals surface area (Å²) < 4.78 is 0. The van der Waals surface area contributed by atoms with E-state index >= 15 is 0 Å². The van der Waals surface area contributed by atoms with Crippen LogP contribution in [0.1, 0.15) is 24.0 Å². The van der Waals surface area contributed by atoms with E-state index in [1.807, 2.05) is 24.3 Å². The molecular formula is C18H17N3. The van der Waals surface area contributed by atoms with Gasteiger partial charge in [-0.15, -0.1) is 0 Å². The fourth-order valence-corrected chi connectivity index (χ4v) is 3.11. The highest BCUT2D eigenvalue weighted by molar-refractivity contribution is 5.82. The lowest BCUT2D eigenvalue weighted by atomic mass is 9.90. The molecule has 0 saturated heterocycles. The molecule has 0 saturated carbocycles. The number of hydrogen-bond donors (Lipinski definition) is 1. The van der Waals surface area contributed by atoms with Crippen molar-refractivity contribution in [1.29, 1.82) is 0 Å². The van der Waals surface area contributed by atoms with Crippen LogP contribution in [-0.2, 0) is 12.8 Å². The molecule has 1 aliphatic rings. The van der Waals surface area contributed by atoms with Crippen LogP contribution in [0.5, 0.6) is 0 Å². The van der Waals surface area contributed by atoms with Gasteiger partial charge in [-0.1, -0.05) is 24.3 Å². The highest BCUT2D eigenvalue weighted by Gasteiger charge is 2.13. The number of anilines is 1. The fraction of sp³-hybridized carbons (Fsp3) is 0.222. The number of nitrogens with two attached hydrogens (primary N) is 1. The van der Waals surface area contributed by atoms with E-state index in [2.05, 4.69) is 23.2 Å². The Morgan fingerprint density at radius 1 is 0.810 bits per heavy atom. The zero-order valence-electron chi connectivity index (χ0n) is 11.8. The summed E-state index contributed by atoms with van der Waals surface area (Å²) in [5, 5.41) is 0. The average Bonchev–Trinajstić information content (AvgIpc) is 2.54. The third kappa shape index (κ3) is 2.15. The predicted octanol–water partition coefficient (Wildman–Crippen LogP) is 3.76. The molecule has 1 heterocycles. The standard InChI is InChI=1S/C18H17N3/c19-18-17(20-15-7-3-4-8-16(15)21-18)14-10-9-12-5-1-2-6-13(12)11-14/h3-4,7-11H,1-2,5-6H2,(H2,19,21). The number of benzene rings is 2. The fourth-order valence-electron chi connectivity index (χ4n) is 3.11. The number of aryl methyl sites for hydroxylation is 2. The first-order valence-electron chi connectivity index (χ1n) is 7.46. The number of nitrogens with zero attached hydrogens (tertiary/aromatic N) is 2. The molecule has 0 spiro atoms. The van der Waals surface area contributed by atoms with Crippen LogP contribution < -0.4 is 5.73 Å². The van der Waals surface area contributed by atoms with Gasteiger partial charge in [0.15, 0.2) is 5.82 Å². The maximum atomic E-state index is 6.12. The first-order chi connectivity index (χ1) is 10.3. The molecule has 1 aliphatic carbocycles. The molecule has 0 unspecified atom stereocenters. The number of fused-ring (bicyclic) bond motifs is 2. The van der Waals surface area contributed by atoms with E-state index in [-0.39, 0.29) is 0 Å². The van der Waals surface area contributed by atoms with Gasteiger partial charge in [0.05, 0.1) is 11.0 Å². The van der Waals surface area contributed by atoms with Crippen molar-refractivity contribution in [2.45, 2.75) is 25.7 Å². The van der Waals surface area contributed by atoms with Gasteiger partial charge in [-0.25, -0.2) is 9.97 Å². The third-order valence-electron chi connectivity index (χ3n) is 4.22. The van der Waals surface area contributed by atoms with Gasteiger partial charge >= 0.3 is 0 Å². The Kier molecular flexibility index (Phi) is 2.85. The smallest absolute Gasteiger partial charge is 0.150 e. The normalized spacial score (nSPS) is 14.1. The van der Waals surface area contributed by atoms with Crippen molar-refractivity contribution < 1.29 is 0 Å². The minimum absolute atomic E-state index is 0.504. The summed E-state index contributed by atoms with van der Waals surface area (Å²) in [6.45, 7) is 0. The summed E-state index contributed by atoms with van der Waals surface area (Å²) in [4.78, 5) is 9.19. The Morgan fingerprint density at radius 2 is 1.52 bits per heavy atom. The summed E-state index contributed by atoms with van der Waals surface area (Å²) in [5.41, 5.74) is 12.6. The Balaban J connectivity index is 1.87.